The van der Waals surface area contributed by atoms with Crippen molar-refractivity contribution >= 4 is 16.7 Å². The molecule has 1 aromatic carbocycles. The van der Waals surface area contributed by atoms with Crippen LogP contribution in [0.5, 0.6) is 0 Å². The molecule has 1 saturated heterocycles. The number of benzene rings is 1. The second-order valence-electron chi connectivity index (χ2n) is 6.16. The summed E-state index contributed by atoms with van der Waals surface area (Å²) in [6.07, 6.45) is 6.65. The van der Waals surface area contributed by atoms with E-state index in [-0.39, 0.29) is 23.5 Å². The van der Waals surface area contributed by atoms with Gasteiger partial charge in [-0.05, 0) is 61.0 Å². The molecule has 0 amide bonds. The van der Waals surface area contributed by atoms with Crippen molar-refractivity contribution in [3.63, 3.8) is 0 Å². The van der Waals surface area contributed by atoms with E-state index in [0.29, 0.717) is 0 Å². The number of carbonyl (C=O) groups excluding carboxylic acids is 1. The molecular formula is C18H19N3O2. The summed E-state index contributed by atoms with van der Waals surface area (Å²) in [5.74, 6) is 0.503. The molecule has 0 saturated carbocycles. The van der Waals surface area contributed by atoms with Crippen LogP contribution in [-0.4, -0.2) is 28.8 Å². The summed E-state index contributed by atoms with van der Waals surface area (Å²) in [6, 6.07) is 8.52. The highest BCUT2D eigenvalue weighted by Gasteiger charge is 2.33. The highest BCUT2D eigenvalue weighted by Crippen LogP contribution is 2.27. The van der Waals surface area contributed by atoms with Gasteiger partial charge >= 0.3 is 0 Å². The van der Waals surface area contributed by atoms with Crippen LogP contribution < -0.4 is 5.32 Å². The fourth-order valence-corrected chi connectivity index (χ4v) is 3.52. The van der Waals surface area contributed by atoms with Gasteiger partial charge in [-0.25, -0.2) is 4.98 Å². The normalized spacial score (nSPS) is 21.6. The van der Waals surface area contributed by atoms with Crippen LogP contribution in [0.1, 0.15) is 22.7 Å². The van der Waals surface area contributed by atoms with E-state index in [1.54, 1.807) is 0 Å². The van der Waals surface area contributed by atoms with Crippen molar-refractivity contribution in [1.29, 1.82) is 0 Å². The highest BCUT2D eigenvalue weighted by atomic mass is 16.3. The highest BCUT2D eigenvalue weighted by molar-refractivity contribution is 5.94. The first-order chi connectivity index (χ1) is 11.3. The van der Waals surface area contributed by atoms with Crippen molar-refractivity contribution in [3.8, 4) is 0 Å². The minimum atomic E-state index is -0.0307. The van der Waals surface area contributed by atoms with E-state index in [0.717, 1.165) is 31.4 Å². The summed E-state index contributed by atoms with van der Waals surface area (Å²) in [6.45, 7) is 1.72. The molecule has 3 heterocycles. The van der Waals surface area contributed by atoms with E-state index in [1.807, 2.05) is 6.20 Å². The van der Waals surface area contributed by atoms with Gasteiger partial charge in [0.1, 0.15) is 6.26 Å². The van der Waals surface area contributed by atoms with Crippen LogP contribution in [-0.2, 0) is 6.42 Å². The van der Waals surface area contributed by atoms with Gasteiger partial charge in [-0.3, -0.25) is 4.79 Å². The molecule has 1 aliphatic rings. The zero-order valence-corrected chi connectivity index (χ0v) is 12.8. The number of rotatable bonds is 4. The molecule has 23 heavy (non-hydrogen) atoms. The number of H-pyrrole nitrogens is 1. The standard InChI is InChI=1S/C18H19N3O2/c22-17(18-21-7-8-23-18)15-4-5-19-11-14(15)10-12-1-2-16-13(9-12)3-6-20-16/h1-3,6-9,14-15,19-20H,4-5,10-11H2. The van der Waals surface area contributed by atoms with Crippen LogP contribution in [0.4, 0.5) is 0 Å². The van der Waals surface area contributed by atoms with E-state index in [2.05, 4.69) is 39.6 Å². The van der Waals surface area contributed by atoms with Gasteiger partial charge in [0.2, 0.25) is 5.78 Å². The summed E-state index contributed by atoms with van der Waals surface area (Å²) >= 11 is 0. The molecule has 0 bridgehead atoms. The third-order valence-electron chi connectivity index (χ3n) is 4.70. The maximum atomic E-state index is 12.6. The van der Waals surface area contributed by atoms with Crippen LogP contribution in [0.15, 0.2) is 47.3 Å². The van der Waals surface area contributed by atoms with Crippen molar-refractivity contribution in [2.45, 2.75) is 12.8 Å². The number of carbonyl (C=O) groups is 1. The van der Waals surface area contributed by atoms with E-state index in [4.69, 9.17) is 4.42 Å². The van der Waals surface area contributed by atoms with Gasteiger partial charge in [0.25, 0.3) is 5.89 Å². The Morgan fingerprint density at radius 2 is 2.30 bits per heavy atom. The van der Waals surface area contributed by atoms with Gasteiger partial charge in [0.05, 0.1) is 6.20 Å². The van der Waals surface area contributed by atoms with Crippen molar-refractivity contribution in [2.24, 2.45) is 11.8 Å². The molecule has 2 N–H and O–H groups in total. The van der Waals surface area contributed by atoms with Crippen LogP contribution in [0.3, 0.4) is 0 Å². The third kappa shape index (κ3) is 2.80. The van der Waals surface area contributed by atoms with E-state index in [9.17, 15) is 4.79 Å². The van der Waals surface area contributed by atoms with Gasteiger partial charge < -0.3 is 14.7 Å². The quantitative estimate of drug-likeness (QED) is 0.727. The number of ketones is 1. The number of piperidine rings is 1. The molecule has 1 aliphatic heterocycles. The molecule has 2 atom stereocenters. The van der Waals surface area contributed by atoms with E-state index >= 15 is 0 Å². The van der Waals surface area contributed by atoms with Crippen molar-refractivity contribution in [2.75, 3.05) is 13.1 Å². The first-order valence-corrected chi connectivity index (χ1v) is 8.02. The number of oxazole rings is 1. The van der Waals surface area contributed by atoms with Gasteiger partial charge in [-0.2, -0.15) is 0 Å². The Bertz CT molecular complexity index is 807. The van der Waals surface area contributed by atoms with Crippen LogP contribution in [0.25, 0.3) is 10.9 Å². The average Bonchev–Trinajstić information content (AvgIpc) is 3.26. The Morgan fingerprint density at radius 1 is 1.35 bits per heavy atom. The lowest BCUT2D eigenvalue weighted by Crippen LogP contribution is -2.41. The monoisotopic (exact) mass is 309 g/mol. The molecule has 0 spiro atoms. The lowest BCUT2D eigenvalue weighted by atomic mass is 9.79. The minimum absolute atomic E-state index is 0.0307. The topological polar surface area (TPSA) is 70.9 Å². The summed E-state index contributed by atoms with van der Waals surface area (Å²) < 4.78 is 5.21. The molecule has 0 radical (unpaired) electrons. The Hall–Kier alpha value is -2.40. The number of aromatic amines is 1. The fraction of sp³-hybridized carbons (Fsp3) is 0.333. The molecule has 5 heteroatoms. The Labute approximate surface area is 134 Å². The van der Waals surface area contributed by atoms with Crippen molar-refractivity contribution in [1.82, 2.24) is 15.3 Å². The maximum Gasteiger partial charge on any atom is 0.263 e. The maximum absolute atomic E-state index is 12.6. The Morgan fingerprint density at radius 3 is 3.17 bits per heavy atom. The van der Waals surface area contributed by atoms with Gasteiger partial charge in [0, 0.05) is 17.6 Å². The third-order valence-corrected chi connectivity index (χ3v) is 4.70. The second-order valence-corrected chi connectivity index (χ2v) is 6.16. The van der Waals surface area contributed by atoms with Crippen LogP contribution in [0.2, 0.25) is 0 Å². The Balaban J connectivity index is 1.56. The van der Waals surface area contributed by atoms with Crippen molar-refractivity contribution < 1.29 is 9.21 Å². The van der Waals surface area contributed by atoms with Crippen LogP contribution in [0, 0.1) is 11.8 Å². The molecule has 1 fully saturated rings. The summed E-state index contributed by atoms with van der Waals surface area (Å²) in [5, 5.41) is 4.62. The van der Waals surface area contributed by atoms with Gasteiger partial charge in [-0.15, -0.1) is 0 Å². The van der Waals surface area contributed by atoms with Gasteiger partial charge in [-0.1, -0.05) is 6.07 Å². The van der Waals surface area contributed by atoms with E-state index < -0.39 is 0 Å². The molecule has 2 unspecified atom stereocenters. The second kappa shape index (κ2) is 6.01. The number of fused-ring (bicyclic) bond motifs is 1. The smallest absolute Gasteiger partial charge is 0.263 e. The summed E-state index contributed by atoms with van der Waals surface area (Å²) in [7, 11) is 0. The predicted molar refractivity (Wildman–Crippen MR) is 87.3 cm³/mol. The number of Topliss-reactive ketones (excluding diaryl/α,β-unsaturated/α-hetero) is 1. The van der Waals surface area contributed by atoms with Crippen LogP contribution >= 0.6 is 0 Å². The number of nitrogens with one attached hydrogen (secondary N) is 2. The molecule has 0 aliphatic carbocycles. The lowest BCUT2D eigenvalue weighted by Gasteiger charge is -2.30. The zero-order valence-electron chi connectivity index (χ0n) is 12.8. The molecular weight excluding hydrogens is 290 g/mol. The number of hydrogen-bond acceptors (Lipinski definition) is 4. The predicted octanol–water partition coefficient (Wildman–Crippen LogP) is 2.81. The first-order valence-electron chi connectivity index (χ1n) is 8.02. The summed E-state index contributed by atoms with van der Waals surface area (Å²) in [4.78, 5) is 19.9. The van der Waals surface area contributed by atoms with Crippen molar-refractivity contribution in [3.05, 3.63) is 54.4 Å². The summed E-state index contributed by atoms with van der Waals surface area (Å²) in [5.41, 5.74) is 2.40. The molecule has 3 aromatic rings. The minimum Gasteiger partial charge on any atom is -0.442 e. The Kier molecular flexibility index (Phi) is 3.71. The molecule has 5 nitrogen and oxygen atoms in total. The molecule has 4 rings (SSSR count). The average molecular weight is 309 g/mol. The number of nitrogens with zero attached hydrogens (tertiary/aromatic N) is 1. The molecule has 118 valence electrons. The lowest BCUT2D eigenvalue weighted by molar-refractivity contribution is 0.0799. The fourth-order valence-electron chi connectivity index (χ4n) is 3.52. The van der Waals surface area contributed by atoms with Gasteiger partial charge in [0.15, 0.2) is 0 Å². The first kappa shape index (κ1) is 14.2. The SMILES string of the molecule is O=C(c1ncco1)C1CCNCC1Cc1ccc2[nH]ccc2c1. The number of aromatic nitrogens is 2. The zero-order chi connectivity index (χ0) is 15.6. The largest absolute Gasteiger partial charge is 0.442 e. The number of hydrogen-bond donors (Lipinski definition) is 2. The van der Waals surface area contributed by atoms with E-state index in [1.165, 1.54) is 23.4 Å². The molecule has 2 aromatic heterocycles.